The summed E-state index contributed by atoms with van der Waals surface area (Å²) in [6.45, 7) is 3.57. The molecule has 0 aromatic heterocycles. The minimum atomic E-state index is -0.862. The molecule has 2 nitrogen and oxygen atoms in total. The monoisotopic (exact) mass is 126 g/mol. The Hall–Kier alpha value is -0.630. The Bertz CT molecular complexity index is 133. The third-order valence-corrected chi connectivity index (χ3v) is 1.61. The largest absolute Gasteiger partial charge is 0.381 e. The predicted octanol–water partition coefficient (Wildman–Crippen LogP) is 0.657. The second kappa shape index (κ2) is 2.31. The van der Waals surface area contributed by atoms with E-state index in [4.69, 9.17) is 5.11 Å². The molecule has 0 radical (unpaired) electrons. The fraction of sp³-hybridized carbons (Fsp3) is 0.571. The van der Waals surface area contributed by atoms with Gasteiger partial charge in [0, 0.05) is 6.42 Å². The molecule has 1 N–H and O–H groups in total. The molecule has 0 heterocycles. The van der Waals surface area contributed by atoms with E-state index < -0.39 is 6.10 Å². The zero-order valence-corrected chi connectivity index (χ0v) is 5.26. The van der Waals surface area contributed by atoms with Crippen LogP contribution in [-0.4, -0.2) is 17.0 Å². The smallest absolute Gasteiger partial charge is 0.165 e. The van der Waals surface area contributed by atoms with Crippen molar-refractivity contribution in [2.45, 2.75) is 25.4 Å². The number of hydrogen-bond acceptors (Lipinski definition) is 2. The van der Waals surface area contributed by atoms with Crippen molar-refractivity contribution >= 4 is 5.78 Å². The number of rotatable bonds is 0. The van der Waals surface area contributed by atoms with Gasteiger partial charge in [0.25, 0.3) is 0 Å². The quantitative estimate of drug-likeness (QED) is 0.484. The van der Waals surface area contributed by atoms with Crippen LogP contribution in [0.5, 0.6) is 0 Å². The van der Waals surface area contributed by atoms with Crippen molar-refractivity contribution < 1.29 is 9.90 Å². The van der Waals surface area contributed by atoms with E-state index in [1.165, 1.54) is 0 Å². The zero-order chi connectivity index (χ0) is 6.85. The molecule has 1 aliphatic rings. The van der Waals surface area contributed by atoms with E-state index in [1.807, 2.05) is 0 Å². The molecule has 1 aliphatic carbocycles. The molecule has 0 aromatic carbocycles. The van der Waals surface area contributed by atoms with Gasteiger partial charge in [0.15, 0.2) is 5.78 Å². The van der Waals surface area contributed by atoms with Gasteiger partial charge in [-0.15, -0.1) is 0 Å². The summed E-state index contributed by atoms with van der Waals surface area (Å²) >= 11 is 0. The summed E-state index contributed by atoms with van der Waals surface area (Å²) in [5, 5.41) is 9.00. The molecule has 1 rings (SSSR count). The zero-order valence-electron chi connectivity index (χ0n) is 5.26. The van der Waals surface area contributed by atoms with Crippen molar-refractivity contribution in [2.75, 3.05) is 0 Å². The van der Waals surface area contributed by atoms with Crippen molar-refractivity contribution in [2.24, 2.45) is 0 Å². The summed E-state index contributed by atoms with van der Waals surface area (Å²) in [6.07, 6.45) is 1.31. The number of aliphatic hydroxyl groups is 1. The number of carbonyl (C=O) groups is 1. The highest BCUT2D eigenvalue weighted by Crippen LogP contribution is 2.18. The molecule has 2 heteroatoms. The van der Waals surface area contributed by atoms with Crippen molar-refractivity contribution in [1.29, 1.82) is 0 Å². The van der Waals surface area contributed by atoms with E-state index in [0.717, 1.165) is 12.8 Å². The highest BCUT2D eigenvalue weighted by molar-refractivity contribution is 5.86. The van der Waals surface area contributed by atoms with Gasteiger partial charge in [-0.2, -0.15) is 0 Å². The second-order valence-electron chi connectivity index (χ2n) is 2.38. The molecular formula is C7H10O2. The highest BCUT2D eigenvalue weighted by atomic mass is 16.3. The molecule has 0 amide bonds. The summed E-state index contributed by atoms with van der Waals surface area (Å²) in [6, 6.07) is 0. The molecule has 0 aliphatic heterocycles. The van der Waals surface area contributed by atoms with E-state index >= 15 is 0 Å². The summed E-state index contributed by atoms with van der Waals surface area (Å²) in [5.74, 6) is -0.0775. The average Bonchev–Trinajstić information content (AvgIpc) is 1.83. The van der Waals surface area contributed by atoms with Gasteiger partial charge in [-0.1, -0.05) is 6.58 Å². The SMILES string of the molecule is C=C1CCCC(=O)C1O. The molecule has 0 aromatic rings. The number of aliphatic hydroxyl groups excluding tert-OH is 1. The molecule has 9 heavy (non-hydrogen) atoms. The molecule has 1 unspecified atom stereocenters. The molecule has 1 atom stereocenters. The predicted molar refractivity (Wildman–Crippen MR) is 34.0 cm³/mol. The lowest BCUT2D eigenvalue weighted by atomic mass is 9.92. The number of hydrogen-bond donors (Lipinski definition) is 1. The molecule has 0 saturated heterocycles. The highest BCUT2D eigenvalue weighted by Gasteiger charge is 2.21. The van der Waals surface area contributed by atoms with E-state index in [0.29, 0.717) is 12.0 Å². The van der Waals surface area contributed by atoms with Crippen molar-refractivity contribution in [3.63, 3.8) is 0 Å². The molecule has 1 saturated carbocycles. The Morgan fingerprint density at radius 3 is 2.67 bits per heavy atom. The number of Topliss-reactive ketones (excluding diaryl/α,β-unsaturated/α-hetero) is 1. The first-order valence-electron chi connectivity index (χ1n) is 3.10. The summed E-state index contributed by atoms with van der Waals surface area (Å²) in [5.41, 5.74) is 0.672. The maximum absolute atomic E-state index is 10.7. The molecule has 0 spiro atoms. The second-order valence-corrected chi connectivity index (χ2v) is 2.38. The number of ketones is 1. The molecule has 0 bridgehead atoms. The van der Waals surface area contributed by atoms with Crippen LogP contribution in [0.4, 0.5) is 0 Å². The third kappa shape index (κ3) is 1.19. The lowest BCUT2D eigenvalue weighted by molar-refractivity contribution is -0.126. The van der Waals surface area contributed by atoms with Crippen LogP contribution in [-0.2, 0) is 4.79 Å². The van der Waals surface area contributed by atoms with Crippen molar-refractivity contribution in [3.8, 4) is 0 Å². The fourth-order valence-electron chi connectivity index (χ4n) is 0.991. The molecule has 1 fully saturated rings. The van der Waals surface area contributed by atoms with Gasteiger partial charge in [-0.25, -0.2) is 0 Å². The van der Waals surface area contributed by atoms with Crippen LogP contribution >= 0.6 is 0 Å². The lowest BCUT2D eigenvalue weighted by Crippen LogP contribution is -2.25. The minimum Gasteiger partial charge on any atom is -0.381 e. The van der Waals surface area contributed by atoms with Crippen LogP contribution in [0, 0.1) is 0 Å². The van der Waals surface area contributed by atoms with Crippen LogP contribution in [0.1, 0.15) is 19.3 Å². The van der Waals surface area contributed by atoms with Crippen LogP contribution in [0.3, 0.4) is 0 Å². The fourth-order valence-corrected chi connectivity index (χ4v) is 0.991. The van der Waals surface area contributed by atoms with Crippen LogP contribution < -0.4 is 0 Å². The Kier molecular flexibility index (Phi) is 1.67. The van der Waals surface area contributed by atoms with Gasteiger partial charge in [-0.05, 0) is 18.4 Å². The lowest BCUT2D eigenvalue weighted by Gasteiger charge is -2.17. The Morgan fingerprint density at radius 1 is 1.56 bits per heavy atom. The summed E-state index contributed by atoms with van der Waals surface area (Å²) in [7, 11) is 0. The Morgan fingerprint density at radius 2 is 2.22 bits per heavy atom. The van der Waals surface area contributed by atoms with E-state index in [9.17, 15) is 4.79 Å². The van der Waals surface area contributed by atoms with Gasteiger partial charge in [-0.3, -0.25) is 4.79 Å². The van der Waals surface area contributed by atoms with Gasteiger partial charge in [0.2, 0.25) is 0 Å². The van der Waals surface area contributed by atoms with Gasteiger partial charge >= 0.3 is 0 Å². The van der Waals surface area contributed by atoms with Crippen molar-refractivity contribution in [3.05, 3.63) is 12.2 Å². The van der Waals surface area contributed by atoms with E-state index in [-0.39, 0.29) is 5.78 Å². The first-order valence-corrected chi connectivity index (χ1v) is 3.10. The Balaban J connectivity index is 2.62. The third-order valence-electron chi connectivity index (χ3n) is 1.61. The van der Waals surface area contributed by atoms with Crippen LogP contribution in [0.2, 0.25) is 0 Å². The van der Waals surface area contributed by atoms with E-state index in [1.54, 1.807) is 0 Å². The van der Waals surface area contributed by atoms with Gasteiger partial charge in [0.05, 0.1) is 0 Å². The molecular weight excluding hydrogens is 116 g/mol. The maximum atomic E-state index is 10.7. The average molecular weight is 126 g/mol. The Labute approximate surface area is 54.2 Å². The summed E-state index contributed by atoms with van der Waals surface area (Å²) in [4.78, 5) is 10.7. The van der Waals surface area contributed by atoms with Crippen molar-refractivity contribution in [1.82, 2.24) is 0 Å². The van der Waals surface area contributed by atoms with Gasteiger partial charge in [0.1, 0.15) is 6.10 Å². The van der Waals surface area contributed by atoms with E-state index in [2.05, 4.69) is 6.58 Å². The first-order chi connectivity index (χ1) is 4.22. The maximum Gasteiger partial charge on any atom is 0.165 e. The minimum absolute atomic E-state index is 0.0775. The molecule has 50 valence electrons. The van der Waals surface area contributed by atoms with Crippen LogP contribution in [0.25, 0.3) is 0 Å². The summed E-state index contributed by atoms with van der Waals surface area (Å²) < 4.78 is 0. The van der Waals surface area contributed by atoms with Gasteiger partial charge < -0.3 is 5.11 Å². The normalized spacial score (nSPS) is 28.8. The topological polar surface area (TPSA) is 37.3 Å². The number of carbonyl (C=O) groups excluding carboxylic acids is 1. The first kappa shape index (κ1) is 6.49. The van der Waals surface area contributed by atoms with Crippen LogP contribution in [0.15, 0.2) is 12.2 Å². The standard InChI is InChI=1S/C7H10O2/c1-5-3-2-4-6(8)7(5)9/h7,9H,1-4H2.